The molecular weight excluding hydrogens is 330 g/mol. The zero-order valence-electron chi connectivity index (χ0n) is 14.4. The van der Waals surface area contributed by atoms with Crippen molar-refractivity contribution in [1.82, 2.24) is 10.3 Å². The molecule has 2 aromatic rings. The van der Waals surface area contributed by atoms with E-state index in [0.717, 1.165) is 12.0 Å². The first-order chi connectivity index (χ1) is 12.7. The minimum absolute atomic E-state index is 0.0286. The Hall–Kier alpha value is -2.99. The number of ether oxygens (including phenoxy) is 1. The molecule has 2 amide bonds. The number of hydrogen-bond acceptors (Lipinski definition) is 4. The van der Waals surface area contributed by atoms with Crippen molar-refractivity contribution >= 4 is 17.5 Å². The Morgan fingerprint density at radius 3 is 2.81 bits per heavy atom. The van der Waals surface area contributed by atoms with Crippen LogP contribution in [-0.2, 0) is 9.53 Å². The lowest BCUT2D eigenvalue weighted by molar-refractivity contribution is -0.111. The van der Waals surface area contributed by atoms with Gasteiger partial charge in [-0.2, -0.15) is 0 Å². The van der Waals surface area contributed by atoms with Crippen LogP contribution in [0.3, 0.4) is 0 Å². The molecule has 0 aliphatic carbocycles. The molecule has 3 rings (SSSR count). The number of carbonyl (C=O) groups is 2. The third kappa shape index (κ3) is 4.55. The van der Waals surface area contributed by atoms with Crippen LogP contribution in [0.4, 0.5) is 5.69 Å². The van der Waals surface area contributed by atoms with Crippen LogP contribution in [0, 0.1) is 0 Å². The fraction of sp³-hybridized carbons (Fsp3) is 0.250. The predicted molar refractivity (Wildman–Crippen MR) is 98.7 cm³/mol. The zero-order chi connectivity index (χ0) is 18.4. The van der Waals surface area contributed by atoms with Crippen molar-refractivity contribution in [3.05, 3.63) is 72.6 Å². The average molecular weight is 351 g/mol. The Kier molecular flexibility index (Phi) is 5.76. The molecule has 2 atom stereocenters. The number of benzene rings is 1. The molecule has 1 saturated heterocycles. The van der Waals surface area contributed by atoms with Gasteiger partial charge in [0.25, 0.3) is 5.91 Å². The van der Waals surface area contributed by atoms with E-state index in [4.69, 9.17) is 4.74 Å². The summed E-state index contributed by atoms with van der Waals surface area (Å²) in [6.07, 6.45) is 6.10. The number of aromatic nitrogens is 1. The fourth-order valence-corrected chi connectivity index (χ4v) is 2.94. The maximum Gasteiger partial charge on any atom is 0.251 e. The van der Waals surface area contributed by atoms with Gasteiger partial charge in [-0.25, -0.2) is 0 Å². The van der Waals surface area contributed by atoms with Gasteiger partial charge >= 0.3 is 0 Å². The van der Waals surface area contributed by atoms with E-state index in [9.17, 15) is 9.59 Å². The van der Waals surface area contributed by atoms with Gasteiger partial charge < -0.3 is 15.4 Å². The Morgan fingerprint density at radius 1 is 1.23 bits per heavy atom. The van der Waals surface area contributed by atoms with E-state index in [0.29, 0.717) is 24.3 Å². The lowest BCUT2D eigenvalue weighted by Gasteiger charge is -2.30. The number of carbonyl (C=O) groups excluding carboxylic acids is 2. The summed E-state index contributed by atoms with van der Waals surface area (Å²) in [6, 6.07) is 10.7. The quantitative estimate of drug-likeness (QED) is 0.812. The van der Waals surface area contributed by atoms with Crippen LogP contribution in [0.25, 0.3) is 0 Å². The van der Waals surface area contributed by atoms with Gasteiger partial charge in [-0.05, 0) is 54.8 Å². The number of anilines is 1. The van der Waals surface area contributed by atoms with Gasteiger partial charge in [0.15, 0.2) is 0 Å². The van der Waals surface area contributed by atoms with Crippen molar-refractivity contribution < 1.29 is 14.3 Å². The number of hydrogen-bond donors (Lipinski definition) is 2. The molecule has 1 fully saturated rings. The van der Waals surface area contributed by atoms with E-state index in [-0.39, 0.29) is 24.0 Å². The van der Waals surface area contributed by atoms with Crippen LogP contribution in [0.5, 0.6) is 0 Å². The normalized spacial score (nSPS) is 19.4. The SMILES string of the molecule is C=CC(=O)Nc1cccc(C(=O)N[C@@H]2CCO[C@H](c3ccncc3)C2)c1. The van der Waals surface area contributed by atoms with Gasteiger partial charge in [0.05, 0.1) is 6.10 Å². The highest BCUT2D eigenvalue weighted by Crippen LogP contribution is 2.27. The summed E-state index contributed by atoms with van der Waals surface area (Å²) in [5, 5.41) is 5.72. The number of amides is 2. The standard InChI is InChI=1S/C20H21N3O3/c1-2-19(24)22-16-5-3-4-15(12-16)20(25)23-17-8-11-26-18(13-17)14-6-9-21-10-7-14/h2-7,9-10,12,17-18H,1,8,11,13H2,(H,22,24)(H,23,25)/t17-,18+/m1/s1. The monoisotopic (exact) mass is 351 g/mol. The lowest BCUT2D eigenvalue weighted by Crippen LogP contribution is -2.39. The Labute approximate surface area is 152 Å². The summed E-state index contributed by atoms with van der Waals surface area (Å²) in [5.74, 6) is -0.479. The molecule has 134 valence electrons. The van der Waals surface area contributed by atoms with E-state index in [1.807, 2.05) is 12.1 Å². The summed E-state index contributed by atoms with van der Waals surface area (Å²) >= 11 is 0. The second-order valence-electron chi connectivity index (χ2n) is 6.11. The second kappa shape index (κ2) is 8.40. The number of nitrogens with zero attached hydrogens (tertiary/aromatic N) is 1. The van der Waals surface area contributed by atoms with E-state index >= 15 is 0 Å². The summed E-state index contributed by atoms with van der Waals surface area (Å²) in [4.78, 5) is 28.0. The van der Waals surface area contributed by atoms with Crippen molar-refractivity contribution in [2.75, 3.05) is 11.9 Å². The van der Waals surface area contributed by atoms with Gasteiger partial charge in [0.2, 0.25) is 5.91 Å². The summed E-state index contributed by atoms with van der Waals surface area (Å²) < 4.78 is 5.82. The van der Waals surface area contributed by atoms with Crippen LogP contribution >= 0.6 is 0 Å². The van der Waals surface area contributed by atoms with Gasteiger partial charge in [-0.3, -0.25) is 14.6 Å². The van der Waals surface area contributed by atoms with Crippen molar-refractivity contribution in [1.29, 1.82) is 0 Å². The Bertz CT molecular complexity index is 792. The predicted octanol–water partition coefficient (Wildman–Crippen LogP) is 2.86. The molecule has 1 aliphatic rings. The molecule has 1 aromatic carbocycles. The molecule has 0 bridgehead atoms. The molecule has 2 N–H and O–H groups in total. The van der Waals surface area contributed by atoms with Crippen molar-refractivity contribution in [3.63, 3.8) is 0 Å². The molecule has 1 aromatic heterocycles. The molecule has 1 aliphatic heterocycles. The number of rotatable bonds is 5. The van der Waals surface area contributed by atoms with Crippen molar-refractivity contribution in [3.8, 4) is 0 Å². The molecule has 0 radical (unpaired) electrons. The van der Waals surface area contributed by atoms with Gasteiger partial charge in [0.1, 0.15) is 0 Å². The van der Waals surface area contributed by atoms with Crippen molar-refractivity contribution in [2.45, 2.75) is 25.0 Å². The number of nitrogens with one attached hydrogen (secondary N) is 2. The van der Waals surface area contributed by atoms with Gasteiger partial charge in [-0.15, -0.1) is 0 Å². The van der Waals surface area contributed by atoms with Gasteiger partial charge in [0, 0.05) is 36.3 Å². The maximum absolute atomic E-state index is 12.6. The van der Waals surface area contributed by atoms with E-state index < -0.39 is 0 Å². The van der Waals surface area contributed by atoms with Crippen LogP contribution < -0.4 is 10.6 Å². The van der Waals surface area contributed by atoms with Crippen LogP contribution in [-0.4, -0.2) is 29.4 Å². The number of pyridine rings is 1. The minimum Gasteiger partial charge on any atom is -0.373 e. The van der Waals surface area contributed by atoms with E-state index in [1.165, 1.54) is 6.08 Å². The Balaban J connectivity index is 1.63. The van der Waals surface area contributed by atoms with E-state index in [1.54, 1.807) is 36.7 Å². The topological polar surface area (TPSA) is 80.3 Å². The molecule has 0 unspecified atom stereocenters. The maximum atomic E-state index is 12.6. The lowest BCUT2D eigenvalue weighted by atomic mass is 9.98. The summed E-state index contributed by atoms with van der Waals surface area (Å²) in [6.45, 7) is 4.01. The van der Waals surface area contributed by atoms with E-state index in [2.05, 4.69) is 22.2 Å². The molecule has 2 heterocycles. The largest absolute Gasteiger partial charge is 0.373 e. The third-order valence-corrected chi connectivity index (χ3v) is 4.27. The van der Waals surface area contributed by atoms with Crippen molar-refractivity contribution in [2.24, 2.45) is 0 Å². The molecule has 6 nitrogen and oxygen atoms in total. The fourth-order valence-electron chi connectivity index (χ4n) is 2.94. The van der Waals surface area contributed by atoms with Crippen LogP contribution in [0.2, 0.25) is 0 Å². The van der Waals surface area contributed by atoms with Crippen LogP contribution in [0.15, 0.2) is 61.4 Å². The molecule has 6 heteroatoms. The molecular formula is C20H21N3O3. The minimum atomic E-state index is -0.313. The molecule has 0 saturated carbocycles. The second-order valence-corrected chi connectivity index (χ2v) is 6.11. The highest BCUT2D eigenvalue weighted by atomic mass is 16.5. The highest BCUT2D eigenvalue weighted by molar-refractivity contribution is 6.00. The first kappa shape index (κ1) is 17.8. The summed E-state index contributed by atoms with van der Waals surface area (Å²) in [7, 11) is 0. The van der Waals surface area contributed by atoms with Crippen LogP contribution in [0.1, 0.15) is 34.9 Å². The summed E-state index contributed by atoms with van der Waals surface area (Å²) in [5.41, 5.74) is 2.12. The van der Waals surface area contributed by atoms with Gasteiger partial charge in [-0.1, -0.05) is 12.6 Å². The highest BCUT2D eigenvalue weighted by Gasteiger charge is 2.25. The Morgan fingerprint density at radius 2 is 2.04 bits per heavy atom. The molecule has 0 spiro atoms. The average Bonchev–Trinajstić information content (AvgIpc) is 2.69. The smallest absolute Gasteiger partial charge is 0.251 e. The first-order valence-electron chi connectivity index (χ1n) is 8.51. The first-order valence-corrected chi connectivity index (χ1v) is 8.51. The molecule has 26 heavy (non-hydrogen) atoms. The third-order valence-electron chi connectivity index (χ3n) is 4.27. The zero-order valence-corrected chi connectivity index (χ0v) is 14.4.